The number of methoxy groups -OCH3 is 1. The number of hydrogen-bond donors (Lipinski definition) is 0. The lowest BCUT2D eigenvalue weighted by Crippen LogP contribution is -2.01. The fraction of sp³-hybridized carbons (Fsp3) is 0.160. The average molecular weight is 465 g/mol. The van der Waals surface area contributed by atoms with Crippen LogP contribution in [-0.2, 0) is 6.61 Å². The van der Waals surface area contributed by atoms with Gasteiger partial charge in [0.25, 0.3) is 5.69 Å². The highest BCUT2D eigenvalue weighted by atomic mass is 35.5. The van der Waals surface area contributed by atoms with Crippen molar-refractivity contribution in [1.29, 1.82) is 5.26 Å². The van der Waals surface area contributed by atoms with Gasteiger partial charge in [-0.3, -0.25) is 10.1 Å². The molecule has 7 nitrogen and oxygen atoms in total. The molecule has 0 aliphatic rings. The van der Waals surface area contributed by atoms with Gasteiger partial charge in [0.15, 0.2) is 11.5 Å². The smallest absolute Gasteiger partial charge is 0.269 e. The average Bonchev–Trinajstić information content (AvgIpc) is 2.82. The first-order chi connectivity index (χ1) is 15.9. The maximum atomic E-state index is 10.8. The molecule has 0 aliphatic heterocycles. The normalized spacial score (nSPS) is 10.9. The Morgan fingerprint density at radius 3 is 2.39 bits per heavy atom. The maximum Gasteiger partial charge on any atom is 0.269 e. The van der Waals surface area contributed by atoms with E-state index in [4.69, 9.17) is 25.8 Å². The predicted molar refractivity (Wildman–Crippen MR) is 127 cm³/mol. The molecule has 168 valence electrons. The number of halogens is 1. The second-order valence-electron chi connectivity index (χ2n) is 6.87. The second-order valence-corrected chi connectivity index (χ2v) is 7.28. The number of ether oxygens (including phenoxy) is 3. The van der Waals surface area contributed by atoms with Crippen molar-refractivity contribution in [3.63, 3.8) is 0 Å². The Morgan fingerprint density at radius 2 is 1.82 bits per heavy atom. The Hall–Kier alpha value is -4.02. The first kappa shape index (κ1) is 23.6. The van der Waals surface area contributed by atoms with Gasteiger partial charge in [0.1, 0.15) is 12.4 Å². The summed E-state index contributed by atoms with van der Waals surface area (Å²) >= 11 is 6.49. The van der Waals surface area contributed by atoms with E-state index in [1.807, 2.05) is 6.92 Å². The van der Waals surface area contributed by atoms with Gasteiger partial charge in [0.2, 0.25) is 0 Å². The van der Waals surface area contributed by atoms with Crippen molar-refractivity contribution in [3.8, 4) is 23.3 Å². The lowest BCUT2D eigenvalue weighted by Gasteiger charge is -2.15. The Kier molecular flexibility index (Phi) is 7.90. The van der Waals surface area contributed by atoms with Crippen LogP contribution in [0.25, 0.3) is 11.6 Å². The zero-order valence-electron chi connectivity index (χ0n) is 18.1. The van der Waals surface area contributed by atoms with Crippen LogP contribution in [0, 0.1) is 21.4 Å². The van der Waals surface area contributed by atoms with Crippen LogP contribution in [-0.4, -0.2) is 18.6 Å². The summed E-state index contributed by atoms with van der Waals surface area (Å²) in [5.41, 5.74) is 2.63. The molecular formula is C25H21ClN2O5. The summed E-state index contributed by atoms with van der Waals surface area (Å²) in [5, 5.41) is 20.8. The highest BCUT2D eigenvalue weighted by Crippen LogP contribution is 2.38. The summed E-state index contributed by atoms with van der Waals surface area (Å²) in [4.78, 5) is 10.4. The van der Waals surface area contributed by atoms with Crippen molar-refractivity contribution in [1.82, 2.24) is 0 Å². The van der Waals surface area contributed by atoms with E-state index in [0.29, 0.717) is 40.0 Å². The molecule has 3 aromatic rings. The highest BCUT2D eigenvalue weighted by Gasteiger charge is 2.14. The monoisotopic (exact) mass is 464 g/mol. The third kappa shape index (κ3) is 6.03. The molecule has 0 aliphatic carbocycles. The number of benzene rings is 3. The van der Waals surface area contributed by atoms with Gasteiger partial charge in [-0.25, -0.2) is 0 Å². The van der Waals surface area contributed by atoms with E-state index in [0.717, 1.165) is 11.1 Å². The third-order valence-corrected chi connectivity index (χ3v) is 4.98. The van der Waals surface area contributed by atoms with Gasteiger partial charge in [-0.1, -0.05) is 11.6 Å². The Labute approximate surface area is 196 Å². The molecule has 0 aromatic heterocycles. The molecule has 0 unspecified atom stereocenters. The minimum absolute atomic E-state index is 0.00749. The SMILES string of the molecule is CCOc1cc(/C=C(\C#N)c2ccc(OC)cc2)cc(Cl)c1OCc1ccc([N+](=O)[O-])cc1. The topological polar surface area (TPSA) is 94.6 Å². The van der Waals surface area contributed by atoms with E-state index in [9.17, 15) is 15.4 Å². The minimum Gasteiger partial charge on any atom is -0.497 e. The largest absolute Gasteiger partial charge is 0.497 e. The van der Waals surface area contributed by atoms with E-state index in [-0.39, 0.29) is 12.3 Å². The molecule has 0 heterocycles. The molecule has 0 bridgehead atoms. The number of non-ortho nitro benzene ring substituents is 1. The van der Waals surface area contributed by atoms with Crippen LogP contribution in [0.5, 0.6) is 17.2 Å². The molecule has 33 heavy (non-hydrogen) atoms. The fourth-order valence-electron chi connectivity index (χ4n) is 3.06. The fourth-order valence-corrected chi connectivity index (χ4v) is 3.33. The molecule has 0 N–H and O–H groups in total. The molecule has 3 aromatic carbocycles. The number of hydrogen-bond acceptors (Lipinski definition) is 6. The predicted octanol–water partition coefficient (Wildman–Crippen LogP) is 6.30. The van der Waals surface area contributed by atoms with Crippen LogP contribution in [0.2, 0.25) is 5.02 Å². The van der Waals surface area contributed by atoms with Crippen molar-refractivity contribution in [3.05, 3.63) is 92.5 Å². The zero-order chi connectivity index (χ0) is 23.8. The van der Waals surface area contributed by atoms with Gasteiger partial charge >= 0.3 is 0 Å². The van der Waals surface area contributed by atoms with Crippen molar-refractivity contribution in [2.24, 2.45) is 0 Å². The maximum absolute atomic E-state index is 10.8. The van der Waals surface area contributed by atoms with E-state index in [1.165, 1.54) is 12.1 Å². The van der Waals surface area contributed by atoms with E-state index in [2.05, 4.69) is 6.07 Å². The summed E-state index contributed by atoms with van der Waals surface area (Å²) in [6, 6.07) is 18.9. The zero-order valence-corrected chi connectivity index (χ0v) is 18.8. The van der Waals surface area contributed by atoms with Crippen LogP contribution in [0.1, 0.15) is 23.6 Å². The lowest BCUT2D eigenvalue weighted by molar-refractivity contribution is -0.384. The number of nitriles is 1. The van der Waals surface area contributed by atoms with Crippen LogP contribution in [0.15, 0.2) is 60.7 Å². The number of allylic oxidation sites excluding steroid dienone is 1. The van der Waals surface area contributed by atoms with E-state index in [1.54, 1.807) is 61.7 Å². The van der Waals surface area contributed by atoms with Gasteiger partial charge in [0.05, 0.1) is 35.3 Å². The van der Waals surface area contributed by atoms with E-state index >= 15 is 0 Å². The molecular weight excluding hydrogens is 444 g/mol. The quantitative estimate of drug-likeness (QED) is 0.159. The molecule has 8 heteroatoms. The molecule has 0 radical (unpaired) electrons. The van der Waals surface area contributed by atoms with Crippen molar-refractivity contribution >= 4 is 28.9 Å². The minimum atomic E-state index is -0.456. The summed E-state index contributed by atoms with van der Waals surface area (Å²) in [6.07, 6.45) is 1.72. The first-order valence-electron chi connectivity index (χ1n) is 10.0. The summed E-state index contributed by atoms with van der Waals surface area (Å²) in [6.45, 7) is 2.39. The lowest BCUT2D eigenvalue weighted by atomic mass is 10.0. The molecule has 0 saturated carbocycles. The first-order valence-corrected chi connectivity index (χ1v) is 10.4. The molecule has 0 fully saturated rings. The third-order valence-electron chi connectivity index (χ3n) is 4.69. The van der Waals surface area contributed by atoms with Gasteiger partial charge < -0.3 is 14.2 Å². The van der Waals surface area contributed by atoms with Gasteiger partial charge in [0, 0.05) is 12.1 Å². The van der Waals surface area contributed by atoms with Crippen LogP contribution in [0.3, 0.4) is 0 Å². The van der Waals surface area contributed by atoms with Gasteiger partial charge in [-0.15, -0.1) is 0 Å². The summed E-state index contributed by atoms with van der Waals surface area (Å²) in [5.74, 6) is 1.49. The number of nitro groups is 1. The number of nitro benzene ring substituents is 1. The van der Waals surface area contributed by atoms with Crippen LogP contribution in [0.4, 0.5) is 5.69 Å². The Morgan fingerprint density at radius 1 is 1.12 bits per heavy atom. The van der Waals surface area contributed by atoms with E-state index < -0.39 is 4.92 Å². The summed E-state index contributed by atoms with van der Waals surface area (Å²) in [7, 11) is 1.58. The molecule has 0 atom stereocenters. The van der Waals surface area contributed by atoms with Crippen molar-refractivity contribution in [2.45, 2.75) is 13.5 Å². The highest BCUT2D eigenvalue weighted by molar-refractivity contribution is 6.32. The van der Waals surface area contributed by atoms with Gasteiger partial charge in [-0.2, -0.15) is 5.26 Å². The van der Waals surface area contributed by atoms with Gasteiger partial charge in [-0.05, 0) is 78.2 Å². The van der Waals surface area contributed by atoms with Crippen molar-refractivity contribution in [2.75, 3.05) is 13.7 Å². The second kappa shape index (κ2) is 11.0. The number of rotatable bonds is 9. The molecule has 0 spiro atoms. The van der Waals surface area contributed by atoms with Crippen LogP contribution < -0.4 is 14.2 Å². The Bertz CT molecular complexity index is 1200. The number of nitrogens with zero attached hydrogens (tertiary/aromatic N) is 2. The Balaban J connectivity index is 1.87. The standard InChI is InChI=1S/C25H21ClN2O5/c1-3-32-24-14-18(12-20(15-27)19-6-10-22(31-2)11-7-19)13-23(26)25(24)33-16-17-4-8-21(9-5-17)28(29)30/h4-14H,3,16H2,1-2H3/b20-12+. The van der Waals surface area contributed by atoms with Crippen molar-refractivity contribution < 1.29 is 19.1 Å². The summed E-state index contributed by atoms with van der Waals surface area (Å²) < 4.78 is 16.8. The molecule has 0 amide bonds. The molecule has 0 saturated heterocycles. The van der Waals surface area contributed by atoms with Crippen LogP contribution >= 0.6 is 11.6 Å². The molecule has 3 rings (SSSR count).